The average molecular weight is 637 g/mol. The minimum absolute atomic E-state index is 1.11. The average Bonchev–Trinajstić information content (AvgIpc) is 3.54. The number of para-hydroxylation sites is 2. The maximum absolute atomic E-state index is 2.50. The van der Waals surface area contributed by atoms with E-state index in [-0.39, 0.29) is 0 Å². The van der Waals surface area contributed by atoms with E-state index < -0.39 is 0 Å². The Morgan fingerprint density at radius 1 is 0.340 bits per heavy atom. The van der Waals surface area contributed by atoms with Crippen LogP contribution in [0.25, 0.3) is 70.9 Å². The molecule has 0 aliphatic carbocycles. The van der Waals surface area contributed by atoms with E-state index in [1.807, 2.05) is 0 Å². The molecule has 0 unspecified atom stereocenters. The van der Waals surface area contributed by atoms with Crippen molar-refractivity contribution in [2.75, 3.05) is 4.90 Å². The SMILES string of the molecule is c1ccc(-c2cccc(N(c3cc4c5ccccc5ccc4c4ccccc34)c3cccc4c3c3ccccc3n4-c3ccccc3)c2)cc1. The molecular weight excluding hydrogens is 605 g/mol. The lowest BCUT2D eigenvalue weighted by Crippen LogP contribution is -2.11. The van der Waals surface area contributed by atoms with Crippen molar-refractivity contribution in [1.82, 2.24) is 4.57 Å². The molecule has 50 heavy (non-hydrogen) atoms. The molecule has 0 spiro atoms. The second-order valence-corrected chi connectivity index (χ2v) is 12.9. The van der Waals surface area contributed by atoms with Gasteiger partial charge in [0, 0.05) is 27.5 Å². The van der Waals surface area contributed by atoms with Crippen molar-refractivity contribution in [3.05, 3.63) is 194 Å². The van der Waals surface area contributed by atoms with Gasteiger partial charge in [-0.1, -0.05) is 146 Å². The van der Waals surface area contributed by atoms with E-state index in [1.54, 1.807) is 0 Å². The first-order valence-electron chi connectivity index (χ1n) is 17.2. The fraction of sp³-hybridized carbons (Fsp3) is 0. The van der Waals surface area contributed by atoms with Gasteiger partial charge in [0.05, 0.1) is 22.4 Å². The Labute approximate surface area is 290 Å². The van der Waals surface area contributed by atoms with Crippen molar-refractivity contribution in [1.29, 1.82) is 0 Å². The van der Waals surface area contributed by atoms with Gasteiger partial charge in [-0.15, -0.1) is 0 Å². The summed E-state index contributed by atoms with van der Waals surface area (Å²) in [5.74, 6) is 0. The van der Waals surface area contributed by atoms with E-state index in [2.05, 4.69) is 204 Å². The first-order valence-corrected chi connectivity index (χ1v) is 17.2. The van der Waals surface area contributed by atoms with Crippen LogP contribution in [-0.2, 0) is 0 Å². The molecule has 2 nitrogen and oxygen atoms in total. The second-order valence-electron chi connectivity index (χ2n) is 12.9. The van der Waals surface area contributed by atoms with E-state index in [0.29, 0.717) is 0 Å². The first-order chi connectivity index (χ1) is 24.8. The van der Waals surface area contributed by atoms with Crippen molar-refractivity contribution in [3.63, 3.8) is 0 Å². The molecule has 0 saturated carbocycles. The summed E-state index contributed by atoms with van der Waals surface area (Å²) in [6.45, 7) is 0. The van der Waals surface area contributed by atoms with Crippen LogP contribution in [-0.4, -0.2) is 4.57 Å². The lowest BCUT2D eigenvalue weighted by atomic mass is 9.94. The third-order valence-electron chi connectivity index (χ3n) is 10.1. The molecule has 1 heterocycles. The van der Waals surface area contributed by atoms with E-state index in [0.717, 1.165) is 22.7 Å². The van der Waals surface area contributed by atoms with E-state index in [9.17, 15) is 0 Å². The van der Waals surface area contributed by atoms with Gasteiger partial charge >= 0.3 is 0 Å². The highest BCUT2D eigenvalue weighted by Crippen LogP contribution is 2.48. The van der Waals surface area contributed by atoms with E-state index in [1.165, 1.54) is 65.3 Å². The van der Waals surface area contributed by atoms with Gasteiger partial charge in [0.15, 0.2) is 0 Å². The molecule has 0 bridgehead atoms. The van der Waals surface area contributed by atoms with Gasteiger partial charge in [-0.05, 0) is 86.6 Å². The highest BCUT2D eigenvalue weighted by Gasteiger charge is 2.23. The highest BCUT2D eigenvalue weighted by atomic mass is 15.1. The van der Waals surface area contributed by atoms with Gasteiger partial charge in [0.1, 0.15) is 0 Å². The number of hydrogen-bond donors (Lipinski definition) is 0. The zero-order valence-corrected chi connectivity index (χ0v) is 27.4. The Kier molecular flexibility index (Phi) is 6.53. The molecule has 2 heteroatoms. The molecule has 0 aliphatic rings. The van der Waals surface area contributed by atoms with Crippen molar-refractivity contribution in [3.8, 4) is 16.8 Å². The monoisotopic (exact) mass is 636 g/mol. The summed E-state index contributed by atoms with van der Waals surface area (Å²) in [6, 6.07) is 70.6. The fourth-order valence-electron chi connectivity index (χ4n) is 7.93. The molecular formula is C48H32N2. The zero-order valence-electron chi connectivity index (χ0n) is 27.4. The molecule has 0 N–H and O–H groups in total. The molecule has 0 saturated heterocycles. The zero-order chi connectivity index (χ0) is 33.0. The van der Waals surface area contributed by atoms with Crippen LogP contribution < -0.4 is 4.90 Å². The molecule has 0 aliphatic heterocycles. The molecule has 10 aromatic rings. The van der Waals surface area contributed by atoms with Crippen molar-refractivity contribution in [2.45, 2.75) is 0 Å². The topological polar surface area (TPSA) is 8.17 Å². The largest absolute Gasteiger partial charge is 0.309 e. The Morgan fingerprint density at radius 3 is 1.80 bits per heavy atom. The maximum Gasteiger partial charge on any atom is 0.0562 e. The second kappa shape index (κ2) is 11.5. The molecule has 1 aromatic heterocycles. The van der Waals surface area contributed by atoms with Crippen LogP contribution in [0.1, 0.15) is 0 Å². The molecule has 0 amide bonds. The van der Waals surface area contributed by atoms with Gasteiger partial charge in [-0.2, -0.15) is 0 Å². The van der Waals surface area contributed by atoms with Gasteiger partial charge in [0.25, 0.3) is 0 Å². The van der Waals surface area contributed by atoms with Crippen LogP contribution in [0.2, 0.25) is 0 Å². The summed E-state index contributed by atoms with van der Waals surface area (Å²) in [7, 11) is 0. The third-order valence-corrected chi connectivity index (χ3v) is 10.1. The molecule has 0 radical (unpaired) electrons. The summed E-state index contributed by atoms with van der Waals surface area (Å²) in [5, 5.41) is 9.92. The predicted octanol–water partition coefficient (Wildman–Crippen LogP) is 13.4. The molecule has 0 fully saturated rings. The van der Waals surface area contributed by atoms with Crippen molar-refractivity contribution < 1.29 is 0 Å². The minimum atomic E-state index is 1.11. The van der Waals surface area contributed by atoms with E-state index >= 15 is 0 Å². The summed E-state index contributed by atoms with van der Waals surface area (Å²) in [5.41, 5.74) is 9.30. The van der Waals surface area contributed by atoms with Crippen LogP contribution in [0.4, 0.5) is 17.1 Å². The van der Waals surface area contributed by atoms with E-state index in [4.69, 9.17) is 0 Å². The smallest absolute Gasteiger partial charge is 0.0562 e. The number of anilines is 3. The highest BCUT2D eigenvalue weighted by molar-refractivity contribution is 6.23. The predicted molar refractivity (Wildman–Crippen MR) is 213 cm³/mol. The quantitative estimate of drug-likeness (QED) is 0.171. The summed E-state index contributed by atoms with van der Waals surface area (Å²) < 4.78 is 2.40. The third kappa shape index (κ3) is 4.43. The first kappa shape index (κ1) is 28.4. The number of hydrogen-bond acceptors (Lipinski definition) is 1. The molecule has 9 aromatic carbocycles. The van der Waals surface area contributed by atoms with Gasteiger partial charge in [-0.3, -0.25) is 0 Å². The van der Waals surface area contributed by atoms with Crippen LogP contribution in [0.5, 0.6) is 0 Å². The van der Waals surface area contributed by atoms with Gasteiger partial charge in [0.2, 0.25) is 0 Å². The minimum Gasteiger partial charge on any atom is -0.309 e. The summed E-state index contributed by atoms with van der Waals surface area (Å²) in [6.07, 6.45) is 0. The molecule has 234 valence electrons. The normalized spacial score (nSPS) is 11.6. The fourth-order valence-corrected chi connectivity index (χ4v) is 7.93. The summed E-state index contributed by atoms with van der Waals surface area (Å²) in [4.78, 5) is 2.50. The van der Waals surface area contributed by atoms with Gasteiger partial charge in [-0.25, -0.2) is 0 Å². The Hall–Kier alpha value is -6.64. The number of benzene rings is 9. The molecule has 0 atom stereocenters. The van der Waals surface area contributed by atoms with Crippen LogP contribution in [0.3, 0.4) is 0 Å². The number of rotatable bonds is 5. The van der Waals surface area contributed by atoms with Crippen LogP contribution >= 0.6 is 0 Å². The van der Waals surface area contributed by atoms with Gasteiger partial charge < -0.3 is 9.47 Å². The standard InChI is InChI=1S/C48H32N2/c1-3-15-33(16-4-1)35-18-13-21-37(31-35)50(47-32-43-38-22-8-7-17-34(38)29-30-40(43)39-23-9-10-24-41(39)47)46-28-14-27-45-48(46)42-25-11-12-26-44(42)49(45)36-19-5-2-6-20-36/h1-32H. The van der Waals surface area contributed by atoms with Crippen molar-refractivity contribution in [2.24, 2.45) is 0 Å². The van der Waals surface area contributed by atoms with Crippen LogP contribution in [0, 0.1) is 0 Å². The number of fused-ring (bicyclic) bond motifs is 8. The Morgan fingerprint density at radius 2 is 0.960 bits per heavy atom. The number of nitrogens with zero attached hydrogens (tertiary/aromatic N) is 2. The number of aromatic nitrogens is 1. The Bertz CT molecular complexity index is 2870. The summed E-state index contributed by atoms with van der Waals surface area (Å²) >= 11 is 0. The molecule has 10 rings (SSSR count). The maximum atomic E-state index is 2.50. The lowest BCUT2D eigenvalue weighted by Gasteiger charge is -2.29. The Balaban J connectivity index is 1.35. The van der Waals surface area contributed by atoms with Crippen LogP contribution in [0.15, 0.2) is 194 Å². The lowest BCUT2D eigenvalue weighted by molar-refractivity contribution is 1.18. The van der Waals surface area contributed by atoms with Crippen molar-refractivity contribution >= 4 is 71.2 Å².